The topological polar surface area (TPSA) is 102 Å². The first kappa shape index (κ1) is 22.6. The molecule has 0 unspecified atom stereocenters. The largest absolute Gasteiger partial charge is 0.543 e. The molecule has 0 bridgehead atoms. The minimum atomic E-state index is -1.38. The number of halogens is 1. The van der Waals surface area contributed by atoms with Crippen molar-refractivity contribution in [2.24, 2.45) is 18.9 Å². The Morgan fingerprint density at radius 2 is 2.21 bits per heavy atom. The van der Waals surface area contributed by atoms with Gasteiger partial charge in [0.2, 0.25) is 12.2 Å². The van der Waals surface area contributed by atoms with Crippen LogP contribution in [0.5, 0.6) is 0 Å². The summed E-state index contributed by atoms with van der Waals surface area (Å²) in [4.78, 5) is 31.2. The summed E-state index contributed by atoms with van der Waals surface area (Å²) in [5.74, 6) is -2.59. The van der Waals surface area contributed by atoms with E-state index in [2.05, 4.69) is 20.5 Å². The van der Waals surface area contributed by atoms with Crippen molar-refractivity contribution in [2.75, 3.05) is 0 Å². The molecule has 1 amide bonds. The molecular formula is C22H21BrN4O4S2. The van der Waals surface area contributed by atoms with Gasteiger partial charge in [0.1, 0.15) is 18.9 Å². The summed E-state index contributed by atoms with van der Waals surface area (Å²) in [5.41, 5.74) is 1.81. The van der Waals surface area contributed by atoms with Gasteiger partial charge in [0, 0.05) is 20.9 Å². The molecule has 3 aromatic rings. The number of amides is 1. The van der Waals surface area contributed by atoms with Gasteiger partial charge in [0.15, 0.2) is 4.34 Å². The first-order valence-electron chi connectivity index (χ1n) is 10.4. The molecule has 4 heterocycles. The number of carbonyl (C=O) groups is 2. The number of thioether (sulfide) groups is 1. The number of hydrogen-bond donors (Lipinski definition) is 1. The average Bonchev–Trinajstić information content (AvgIpc) is 3.38. The molecule has 1 aromatic carbocycles. The molecule has 0 aliphatic carbocycles. The zero-order valence-electron chi connectivity index (χ0n) is 18.1. The molecule has 2 aromatic heterocycles. The van der Waals surface area contributed by atoms with Gasteiger partial charge in [-0.1, -0.05) is 34.6 Å². The third-order valence-electron chi connectivity index (χ3n) is 6.19. The number of carboxylic acid groups (broad SMARTS) is 1. The van der Waals surface area contributed by atoms with Crippen molar-refractivity contribution >= 4 is 61.1 Å². The molecule has 1 N–H and O–H groups in total. The number of imidazole rings is 1. The highest BCUT2D eigenvalue weighted by Gasteiger charge is 2.58. The third kappa shape index (κ3) is 3.71. The number of aromatic nitrogens is 3. The zero-order valence-corrected chi connectivity index (χ0v) is 21.3. The normalized spacial score (nSPS) is 23.2. The van der Waals surface area contributed by atoms with Crippen LogP contribution < -0.4 is 9.67 Å². The van der Waals surface area contributed by atoms with Gasteiger partial charge in [0.05, 0.1) is 47.0 Å². The third-order valence-corrected chi connectivity index (χ3v) is 9.00. The van der Waals surface area contributed by atoms with Crippen LogP contribution in [0.1, 0.15) is 19.4 Å². The van der Waals surface area contributed by atoms with Gasteiger partial charge in [-0.25, -0.2) is 14.1 Å². The number of aryl methyl sites for hydroxylation is 1. The monoisotopic (exact) mass is 548 g/mol. The molecule has 8 nitrogen and oxygen atoms in total. The first-order valence-corrected chi connectivity index (χ1v) is 12.8. The predicted molar refractivity (Wildman–Crippen MR) is 125 cm³/mol. The zero-order chi connectivity index (χ0) is 23.6. The number of rotatable bonds is 6. The number of aliphatic hydroxyl groups excluding tert-OH is 1. The van der Waals surface area contributed by atoms with E-state index in [0.29, 0.717) is 15.8 Å². The molecule has 2 aliphatic rings. The molecule has 0 spiro atoms. The van der Waals surface area contributed by atoms with Crippen molar-refractivity contribution in [2.45, 2.75) is 36.9 Å². The fourth-order valence-corrected chi connectivity index (χ4v) is 7.81. The van der Waals surface area contributed by atoms with Gasteiger partial charge < -0.3 is 19.9 Å². The minimum absolute atomic E-state index is 0.0973. The van der Waals surface area contributed by atoms with Crippen molar-refractivity contribution in [1.29, 1.82) is 0 Å². The minimum Gasteiger partial charge on any atom is -0.543 e. The predicted octanol–water partition coefficient (Wildman–Crippen LogP) is 1.64. The molecule has 0 radical (unpaired) electrons. The van der Waals surface area contributed by atoms with E-state index in [1.807, 2.05) is 49.4 Å². The number of fused-ring (bicyclic) bond motifs is 2. The van der Waals surface area contributed by atoms with E-state index in [0.717, 1.165) is 20.3 Å². The number of nitrogens with zero attached hydrogens (tertiary/aromatic N) is 4. The number of hydrogen-bond acceptors (Lipinski definition) is 7. The summed E-state index contributed by atoms with van der Waals surface area (Å²) >= 11 is 6.34. The van der Waals surface area contributed by atoms with Crippen LogP contribution in [-0.2, 0) is 23.2 Å². The maximum absolute atomic E-state index is 12.6. The number of aliphatic carboxylic acids is 1. The van der Waals surface area contributed by atoms with E-state index in [4.69, 9.17) is 4.98 Å². The second-order valence-corrected chi connectivity index (χ2v) is 11.7. The van der Waals surface area contributed by atoms with Gasteiger partial charge >= 0.3 is 0 Å². The first-order chi connectivity index (χ1) is 15.7. The van der Waals surface area contributed by atoms with Crippen LogP contribution >= 0.6 is 39.0 Å². The van der Waals surface area contributed by atoms with Crippen LogP contribution in [0.3, 0.4) is 0 Å². The van der Waals surface area contributed by atoms with Gasteiger partial charge in [-0.15, -0.1) is 11.3 Å². The fourth-order valence-electron chi connectivity index (χ4n) is 4.74. The summed E-state index contributed by atoms with van der Waals surface area (Å²) in [6, 6.07) is 3.67. The SMILES string of the molecule is C[C@@H](O)[C@H]1C(=O)N2C(C(=O)[O-])=C(Sc3nc4c(Cn5cc[n+](C)c5)cc(Br)cc4s3)[C@H](C)[C@H]12. The fraction of sp³-hybridized carbons (Fsp3) is 0.364. The van der Waals surface area contributed by atoms with Crippen LogP contribution in [-0.4, -0.2) is 43.6 Å². The van der Waals surface area contributed by atoms with Crippen molar-refractivity contribution < 1.29 is 24.4 Å². The second kappa shape index (κ2) is 8.23. The van der Waals surface area contributed by atoms with E-state index in [-0.39, 0.29) is 23.6 Å². The number of carbonyl (C=O) groups excluding carboxylic acids is 2. The maximum atomic E-state index is 12.6. The van der Waals surface area contributed by atoms with Crippen molar-refractivity contribution in [1.82, 2.24) is 14.5 Å². The van der Waals surface area contributed by atoms with Gasteiger partial charge in [-0.3, -0.25) is 4.79 Å². The summed E-state index contributed by atoms with van der Waals surface area (Å²) in [6.45, 7) is 4.10. The molecule has 172 valence electrons. The molecular weight excluding hydrogens is 528 g/mol. The Balaban J connectivity index is 1.51. The smallest absolute Gasteiger partial charge is 0.243 e. The standard InChI is InChI=1S/C22H21BrN4O4S2/c1-10-17-15(11(2)28)20(29)27(17)18(21(30)31)19(10)33-22-24-16-12(6-13(23)7-14(16)32-22)8-26-5-4-25(3)9-26/h4-7,9-11,15,17,28H,8H2,1-3H3/t10-,11-,15-,17-/m1/s1. The van der Waals surface area contributed by atoms with Crippen LogP contribution in [0.4, 0.5) is 0 Å². The maximum Gasteiger partial charge on any atom is 0.243 e. The van der Waals surface area contributed by atoms with E-state index in [9.17, 15) is 19.8 Å². The second-order valence-electron chi connectivity index (χ2n) is 8.50. The Morgan fingerprint density at radius 3 is 2.85 bits per heavy atom. The van der Waals surface area contributed by atoms with Crippen LogP contribution in [0.2, 0.25) is 0 Å². The highest BCUT2D eigenvalue weighted by Crippen LogP contribution is 2.52. The van der Waals surface area contributed by atoms with Crippen LogP contribution in [0.15, 0.2) is 50.3 Å². The lowest BCUT2D eigenvalue weighted by Crippen LogP contribution is -2.64. The Kier molecular flexibility index (Phi) is 5.63. The Bertz CT molecular complexity index is 1330. The number of carboxylic acids is 1. The number of thiazole rings is 1. The summed E-state index contributed by atoms with van der Waals surface area (Å²) in [6.07, 6.45) is 5.11. The number of β-lactam (4-membered cyclic amide) rings is 1. The van der Waals surface area contributed by atoms with Gasteiger partial charge in [-0.05, 0) is 19.1 Å². The quantitative estimate of drug-likeness (QED) is 0.371. The van der Waals surface area contributed by atoms with Crippen molar-refractivity contribution in [3.05, 3.63) is 51.5 Å². The van der Waals surface area contributed by atoms with E-state index in [1.165, 1.54) is 28.0 Å². The van der Waals surface area contributed by atoms with Crippen LogP contribution in [0.25, 0.3) is 10.2 Å². The lowest BCUT2D eigenvalue weighted by atomic mass is 9.79. The lowest BCUT2D eigenvalue weighted by molar-refractivity contribution is -0.671. The summed E-state index contributed by atoms with van der Waals surface area (Å²) in [7, 11) is 1.96. The van der Waals surface area contributed by atoms with Gasteiger partial charge in [0.25, 0.3) is 0 Å². The molecule has 1 fully saturated rings. The Hall–Kier alpha value is -2.21. The van der Waals surface area contributed by atoms with Crippen molar-refractivity contribution in [3.8, 4) is 0 Å². The number of aliphatic hydroxyl groups is 1. The number of benzene rings is 1. The highest BCUT2D eigenvalue weighted by atomic mass is 79.9. The summed E-state index contributed by atoms with van der Waals surface area (Å²) < 4.78 is 6.67. The van der Waals surface area contributed by atoms with Crippen molar-refractivity contribution in [3.63, 3.8) is 0 Å². The molecule has 5 rings (SSSR count). The molecule has 0 saturated carbocycles. The Labute approximate surface area is 206 Å². The molecule has 1 saturated heterocycles. The summed E-state index contributed by atoms with van der Waals surface area (Å²) in [5, 5.41) is 22.0. The lowest BCUT2D eigenvalue weighted by Gasteiger charge is -2.47. The van der Waals surface area contributed by atoms with E-state index >= 15 is 0 Å². The highest BCUT2D eigenvalue weighted by molar-refractivity contribution is 9.10. The van der Waals surface area contributed by atoms with Gasteiger partial charge in [-0.2, -0.15) is 0 Å². The average molecular weight is 549 g/mol. The molecule has 4 atom stereocenters. The Morgan fingerprint density at radius 1 is 1.45 bits per heavy atom. The van der Waals surface area contributed by atoms with E-state index in [1.54, 1.807) is 6.92 Å². The van der Waals surface area contributed by atoms with Crippen LogP contribution in [0, 0.1) is 11.8 Å². The van der Waals surface area contributed by atoms with E-state index < -0.39 is 18.0 Å². The molecule has 33 heavy (non-hydrogen) atoms. The molecule has 2 aliphatic heterocycles. The molecule has 11 heteroatoms.